The van der Waals surface area contributed by atoms with Crippen molar-refractivity contribution < 1.29 is 36.7 Å². The summed E-state index contributed by atoms with van der Waals surface area (Å²) in [4.78, 5) is 33.5. The second-order valence-corrected chi connectivity index (χ2v) is 12.5. The summed E-state index contributed by atoms with van der Waals surface area (Å²) in [6.45, 7) is 5.60. The third-order valence-electron chi connectivity index (χ3n) is 7.63. The first-order chi connectivity index (χ1) is 22.7. The summed E-state index contributed by atoms with van der Waals surface area (Å²) in [5, 5.41) is 15.0. The summed E-state index contributed by atoms with van der Waals surface area (Å²) in [5.41, 5.74) is -1.32. The predicted molar refractivity (Wildman–Crippen MR) is 167 cm³/mol. The van der Waals surface area contributed by atoms with Crippen molar-refractivity contribution in [3.8, 4) is 6.07 Å². The zero-order valence-electron chi connectivity index (χ0n) is 26.4. The van der Waals surface area contributed by atoms with Crippen LogP contribution in [0.5, 0.6) is 0 Å². The lowest BCUT2D eigenvalue weighted by molar-refractivity contribution is -0.142. The first kappa shape index (κ1) is 34.1. The van der Waals surface area contributed by atoms with E-state index < -0.39 is 47.0 Å². The Hall–Kier alpha value is -5.22. The number of benzene rings is 3. The predicted octanol–water partition coefficient (Wildman–Crippen LogP) is 7.53. The summed E-state index contributed by atoms with van der Waals surface area (Å²) in [7, 11) is 0. The molecule has 4 aromatic rings. The lowest BCUT2D eigenvalue weighted by Crippen LogP contribution is -2.48. The van der Waals surface area contributed by atoms with Crippen LogP contribution in [0.1, 0.15) is 78.2 Å². The Labute approximate surface area is 274 Å². The first-order valence-electron chi connectivity index (χ1n) is 15.2. The Morgan fingerprint density at radius 3 is 2.38 bits per heavy atom. The van der Waals surface area contributed by atoms with E-state index in [1.807, 2.05) is 0 Å². The van der Waals surface area contributed by atoms with Gasteiger partial charge in [0.15, 0.2) is 11.4 Å². The van der Waals surface area contributed by atoms with Crippen LogP contribution in [0.4, 0.5) is 28.0 Å². The summed E-state index contributed by atoms with van der Waals surface area (Å²) in [6.07, 6.45) is -4.77. The van der Waals surface area contributed by atoms with Crippen molar-refractivity contribution in [1.82, 2.24) is 14.8 Å². The van der Waals surface area contributed by atoms with Crippen molar-refractivity contribution in [3.05, 3.63) is 118 Å². The van der Waals surface area contributed by atoms with Crippen LogP contribution in [0, 0.1) is 23.1 Å². The van der Waals surface area contributed by atoms with E-state index in [0.29, 0.717) is 35.3 Å². The summed E-state index contributed by atoms with van der Waals surface area (Å²) >= 11 is 0. The SMILES string of the molecule is CC(C)(C)N(Cc1ccccc1)C(=O)On1nc(C(F)(F)F)cc1C(=O)Nc1cc(C(OCC2CC2)c2cccc(C#N)c2)ccc1F. The molecule has 0 bridgehead atoms. The number of hydrogen-bond acceptors (Lipinski definition) is 6. The van der Waals surface area contributed by atoms with Gasteiger partial charge < -0.3 is 10.1 Å². The van der Waals surface area contributed by atoms with E-state index in [4.69, 9.17) is 9.57 Å². The summed E-state index contributed by atoms with van der Waals surface area (Å²) < 4.78 is 62.5. The van der Waals surface area contributed by atoms with Crippen molar-refractivity contribution in [1.29, 1.82) is 5.26 Å². The Kier molecular flexibility index (Phi) is 9.86. The van der Waals surface area contributed by atoms with Crippen LogP contribution in [0.2, 0.25) is 0 Å². The number of hydrogen-bond donors (Lipinski definition) is 1. The molecule has 1 fully saturated rings. The van der Waals surface area contributed by atoms with Crippen molar-refractivity contribution >= 4 is 17.7 Å². The average Bonchev–Trinajstić information content (AvgIpc) is 3.77. The molecule has 13 heteroatoms. The molecule has 250 valence electrons. The lowest BCUT2D eigenvalue weighted by Gasteiger charge is -2.34. The molecule has 1 aliphatic rings. The number of rotatable bonds is 10. The highest BCUT2D eigenvalue weighted by atomic mass is 19.4. The highest BCUT2D eigenvalue weighted by molar-refractivity contribution is 6.03. The quantitative estimate of drug-likeness (QED) is 0.176. The number of carbonyl (C=O) groups excluding carboxylic acids is 2. The molecule has 1 heterocycles. The van der Waals surface area contributed by atoms with E-state index in [9.17, 15) is 28.0 Å². The van der Waals surface area contributed by atoms with Gasteiger partial charge in [-0.15, -0.1) is 5.10 Å². The van der Waals surface area contributed by atoms with Crippen LogP contribution in [0.15, 0.2) is 78.9 Å². The van der Waals surface area contributed by atoms with Crippen LogP contribution >= 0.6 is 0 Å². The monoisotopic (exact) mass is 663 g/mol. The fourth-order valence-corrected chi connectivity index (χ4v) is 4.85. The molecule has 9 nitrogen and oxygen atoms in total. The summed E-state index contributed by atoms with van der Waals surface area (Å²) in [6, 6.07) is 21.9. The van der Waals surface area contributed by atoms with Gasteiger partial charge >= 0.3 is 12.3 Å². The molecule has 0 radical (unpaired) electrons. The van der Waals surface area contributed by atoms with Crippen molar-refractivity contribution in [3.63, 3.8) is 0 Å². The van der Waals surface area contributed by atoms with E-state index in [-0.39, 0.29) is 17.1 Å². The molecule has 3 aromatic carbocycles. The Morgan fingerprint density at radius 1 is 1.02 bits per heavy atom. The van der Waals surface area contributed by atoms with E-state index in [1.165, 1.54) is 17.0 Å². The van der Waals surface area contributed by atoms with Crippen LogP contribution < -0.4 is 10.2 Å². The van der Waals surface area contributed by atoms with Crippen LogP contribution in [0.25, 0.3) is 0 Å². The van der Waals surface area contributed by atoms with Crippen LogP contribution in [0.3, 0.4) is 0 Å². The van der Waals surface area contributed by atoms with Crippen LogP contribution in [-0.4, -0.2) is 39.0 Å². The Bertz CT molecular complexity index is 1830. The van der Waals surface area contributed by atoms with E-state index >= 15 is 4.39 Å². The van der Waals surface area contributed by atoms with Crippen molar-refractivity contribution in [2.75, 3.05) is 11.9 Å². The third-order valence-corrected chi connectivity index (χ3v) is 7.63. The van der Waals surface area contributed by atoms with Gasteiger partial charge in [0.05, 0.1) is 23.9 Å². The Balaban J connectivity index is 1.44. The molecular formula is C35H33F4N5O4. The van der Waals surface area contributed by atoms with Crippen LogP contribution in [-0.2, 0) is 17.5 Å². The number of halogens is 4. The highest BCUT2D eigenvalue weighted by Crippen LogP contribution is 2.35. The highest BCUT2D eigenvalue weighted by Gasteiger charge is 2.38. The molecule has 1 atom stereocenters. The van der Waals surface area contributed by atoms with Gasteiger partial charge in [0, 0.05) is 18.2 Å². The fourth-order valence-electron chi connectivity index (χ4n) is 4.85. The minimum atomic E-state index is -4.99. The normalized spacial score (nSPS) is 13.8. The van der Waals surface area contributed by atoms with Gasteiger partial charge in [0.2, 0.25) is 0 Å². The minimum Gasteiger partial charge on any atom is -0.368 e. The van der Waals surface area contributed by atoms with Crippen molar-refractivity contribution in [2.45, 2.75) is 58.0 Å². The van der Waals surface area contributed by atoms with Crippen molar-refractivity contribution in [2.24, 2.45) is 5.92 Å². The summed E-state index contributed by atoms with van der Waals surface area (Å²) in [5.74, 6) is -1.71. The Morgan fingerprint density at radius 2 is 1.73 bits per heavy atom. The van der Waals surface area contributed by atoms with Gasteiger partial charge in [-0.05, 0) is 80.5 Å². The maximum Gasteiger partial charge on any atom is 0.436 e. The number of nitriles is 1. The zero-order chi connectivity index (χ0) is 34.6. The molecule has 2 amide bonds. The molecule has 1 N–H and O–H groups in total. The smallest absolute Gasteiger partial charge is 0.368 e. The largest absolute Gasteiger partial charge is 0.436 e. The molecule has 5 rings (SSSR count). The lowest BCUT2D eigenvalue weighted by atomic mass is 9.99. The zero-order valence-corrected chi connectivity index (χ0v) is 26.4. The third kappa shape index (κ3) is 8.38. The molecule has 1 saturated carbocycles. The maximum atomic E-state index is 15.1. The van der Waals surface area contributed by atoms with Gasteiger partial charge in [-0.1, -0.05) is 53.4 Å². The molecule has 1 aliphatic carbocycles. The molecule has 1 aromatic heterocycles. The van der Waals surface area contributed by atoms with E-state index in [2.05, 4.69) is 16.5 Å². The van der Waals surface area contributed by atoms with Gasteiger partial charge in [0.1, 0.15) is 11.9 Å². The van der Waals surface area contributed by atoms with Gasteiger partial charge in [-0.25, -0.2) is 9.18 Å². The number of nitrogens with zero attached hydrogens (tertiary/aromatic N) is 4. The molecule has 0 spiro atoms. The molecule has 0 saturated heterocycles. The number of ether oxygens (including phenoxy) is 1. The van der Waals surface area contributed by atoms with E-state index in [0.717, 1.165) is 24.5 Å². The number of amides is 2. The van der Waals surface area contributed by atoms with E-state index in [1.54, 1.807) is 75.4 Å². The van der Waals surface area contributed by atoms with Gasteiger partial charge in [-0.3, -0.25) is 14.5 Å². The number of aromatic nitrogens is 2. The maximum absolute atomic E-state index is 15.1. The molecule has 48 heavy (non-hydrogen) atoms. The molecule has 1 unspecified atom stereocenters. The topological polar surface area (TPSA) is 109 Å². The molecule has 0 aliphatic heterocycles. The fraction of sp³-hybridized carbons (Fsp3) is 0.314. The number of anilines is 1. The molecular weight excluding hydrogens is 630 g/mol. The average molecular weight is 664 g/mol. The van der Waals surface area contributed by atoms with Gasteiger partial charge in [0.25, 0.3) is 5.91 Å². The minimum absolute atomic E-state index is 0.0529. The standard InChI is InChI=1S/C35H33F4N5O4/c1-34(2,3)43(20-22-8-5-4-6-9-22)33(46)48-44-29(18-30(42-44)35(37,38)39)32(45)41-28-17-26(14-15-27(28)36)31(47-21-23-12-13-23)25-11-7-10-24(16-25)19-40/h4-11,14-18,23,31H,12-13,20-21H2,1-3H3,(H,41,45). The first-order valence-corrected chi connectivity index (χ1v) is 15.2. The second-order valence-electron chi connectivity index (χ2n) is 12.5. The number of carbonyl (C=O) groups is 2. The second kappa shape index (κ2) is 13.9. The van der Waals surface area contributed by atoms with Gasteiger partial charge in [-0.2, -0.15) is 18.4 Å². The number of alkyl halides is 3. The number of nitrogens with one attached hydrogen (secondary N) is 1.